The Balaban J connectivity index is 1.97. The summed E-state index contributed by atoms with van der Waals surface area (Å²) in [7, 11) is 0. The number of urea groups is 1. The molecule has 0 aromatic carbocycles. The average Bonchev–Trinajstić information content (AvgIpc) is 2.87. The van der Waals surface area contributed by atoms with Crippen LogP contribution in [-0.4, -0.2) is 51.8 Å². The number of aliphatic hydroxyl groups excluding tert-OH is 1. The van der Waals surface area contributed by atoms with Crippen molar-refractivity contribution >= 4 is 12.0 Å². The summed E-state index contributed by atoms with van der Waals surface area (Å²) >= 11 is 0. The number of carbonyl (C=O) groups excluding carboxylic acids is 1. The SMILES string of the molecule is CC1CCC(NC(=O)N2C[C@@H](O)C[C@H]2C(=O)O)C1C. The molecule has 19 heavy (non-hydrogen) atoms. The Hall–Kier alpha value is -1.30. The minimum absolute atomic E-state index is 0.0967. The van der Waals surface area contributed by atoms with Crippen molar-refractivity contribution in [2.45, 2.75) is 51.3 Å². The Morgan fingerprint density at radius 3 is 2.47 bits per heavy atom. The molecule has 5 atom stereocenters. The lowest BCUT2D eigenvalue weighted by Gasteiger charge is -2.26. The molecule has 0 radical (unpaired) electrons. The van der Waals surface area contributed by atoms with E-state index in [-0.39, 0.29) is 25.0 Å². The van der Waals surface area contributed by atoms with E-state index in [4.69, 9.17) is 5.11 Å². The summed E-state index contributed by atoms with van der Waals surface area (Å²) in [5.41, 5.74) is 0. The van der Waals surface area contributed by atoms with Crippen LogP contribution >= 0.6 is 0 Å². The molecule has 1 aliphatic carbocycles. The molecule has 3 unspecified atom stereocenters. The highest BCUT2D eigenvalue weighted by molar-refractivity contribution is 5.83. The van der Waals surface area contributed by atoms with E-state index in [2.05, 4.69) is 19.2 Å². The van der Waals surface area contributed by atoms with Gasteiger partial charge in [0.1, 0.15) is 6.04 Å². The van der Waals surface area contributed by atoms with Gasteiger partial charge in [-0.2, -0.15) is 0 Å². The monoisotopic (exact) mass is 270 g/mol. The Labute approximate surface area is 112 Å². The molecule has 2 fully saturated rings. The van der Waals surface area contributed by atoms with Gasteiger partial charge in [0.05, 0.1) is 6.10 Å². The van der Waals surface area contributed by atoms with Gasteiger partial charge in [-0.05, 0) is 24.7 Å². The minimum Gasteiger partial charge on any atom is -0.480 e. The Kier molecular flexibility index (Phi) is 3.99. The van der Waals surface area contributed by atoms with Crippen LogP contribution in [0.5, 0.6) is 0 Å². The van der Waals surface area contributed by atoms with E-state index in [1.165, 1.54) is 4.90 Å². The first-order valence-corrected chi connectivity index (χ1v) is 6.88. The zero-order valence-electron chi connectivity index (χ0n) is 11.4. The fourth-order valence-corrected chi connectivity index (χ4v) is 3.08. The maximum Gasteiger partial charge on any atom is 0.326 e. The average molecular weight is 270 g/mol. The lowest BCUT2D eigenvalue weighted by Crippen LogP contribution is -2.50. The number of rotatable bonds is 2. The first kappa shape index (κ1) is 14.1. The number of aliphatic hydroxyl groups is 1. The summed E-state index contributed by atoms with van der Waals surface area (Å²) in [4.78, 5) is 24.5. The van der Waals surface area contributed by atoms with Crippen molar-refractivity contribution in [3.8, 4) is 0 Å². The molecule has 6 heteroatoms. The van der Waals surface area contributed by atoms with Crippen LogP contribution in [0, 0.1) is 11.8 Å². The number of β-amino-alcohol motifs (C(OH)–C–C–N with tert-alkyl or cyclic N) is 1. The number of nitrogens with zero attached hydrogens (tertiary/aromatic N) is 1. The lowest BCUT2D eigenvalue weighted by molar-refractivity contribution is -0.141. The molecule has 3 N–H and O–H groups in total. The van der Waals surface area contributed by atoms with Crippen molar-refractivity contribution in [3.63, 3.8) is 0 Å². The third-order valence-electron chi connectivity index (χ3n) is 4.60. The molecular weight excluding hydrogens is 248 g/mol. The fourth-order valence-electron chi connectivity index (χ4n) is 3.08. The molecule has 6 nitrogen and oxygen atoms in total. The molecule has 0 aromatic heterocycles. The number of aliphatic carboxylic acids is 1. The zero-order valence-corrected chi connectivity index (χ0v) is 11.4. The van der Waals surface area contributed by atoms with E-state index in [0.717, 1.165) is 12.8 Å². The molecular formula is C13H22N2O4. The van der Waals surface area contributed by atoms with Gasteiger partial charge in [0, 0.05) is 19.0 Å². The number of nitrogens with one attached hydrogen (secondary N) is 1. The Morgan fingerprint density at radius 1 is 1.26 bits per heavy atom. The molecule has 0 bridgehead atoms. The van der Waals surface area contributed by atoms with Crippen LogP contribution in [0.2, 0.25) is 0 Å². The largest absolute Gasteiger partial charge is 0.480 e. The van der Waals surface area contributed by atoms with Gasteiger partial charge in [-0.15, -0.1) is 0 Å². The number of carboxylic acids is 1. The quantitative estimate of drug-likeness (QED) is 0.687. The number of hydrogen-bond donors (Lipinski definition) is 3. The standard InChI is InChI=1S/C13H22N2O4/c1-7-3-4-10(8(7)2)14-13(19)15-6-9(16)5-11(15)12(17)18/h7-11,16H,3-6H2,1-2H3,(H,14,19)(H,17,18)/t7?,8?,9-,10?,11-/m0/s1. The van der Waals surface area contributed by atoms with Crippen molar-refractivity contribution in [1.82, 2.24) is 10.2 Å². The van der Waals surface area contributed by atoms with Crippen LogP contribution < -0.4 is 5.32 Å². The molecule has 0 spiro atoms. The third kappa shape index (κ3) is 2.83. The molecule has 108 valence electrons. The number of likely N-dealkylation sites (tertiary alicyclic amines) is 1. The van der Waals surface area contributed by atoms with E-state index in [1.807, 2.05) is 0 Å². The van der Waals surface area contributed by atoms with Crippen LogP contribution in [-0.2, 0) is 4.79 Å². The highest BCUT2D eigenvalue weighted by Crippen LogP contribution is 2.31. The molecule has 1 saturated heterocycles. The highest BCUT2D eigenvalue weighted by atomic mass is 16.4. The molecule has 0 aromatic rings. The van der Waals surface area contributed by atoms with E-state index >= 15 is 0 Å². The number of carbonyl (C=O) groups is 2. The van der Waals surface area contributed by atoms with Gasteiger partial charge >= 0.3 is 12.0 Å². The molecule has 1 saturated carbocycles. The summed E-state index contributed by atoms with van der Waals surface area (Å²) < 4.78 is 0. The summed E-state index contributed by atoms with van der Waals surface area (Å²) in [5, 5.41) is 21.5. The Morgan fingerprint density at radius 2 is 1.95 bits per heavy atom. The van der Waals surface area contributed by atoms with Crippen molar-refractivity contribution in [3.05, 3.63) is 0 Å². The van der Waals surface area contributed by atoms with Gasteiger partial charge < -0.3 is 20.4 Å². The van der Waals surface area contributed by atoms with Crippen LogP contribution in [0.3, 0.4) is 0 Å². The van der Waals surface area contributed by atoms with Crippen LogP contribution in [0.4, 0.5) is 4.79 Å². The van der Waals surface area contributed by atoms with Crippen molar-refractivity contribution in [2.75, 3.05) is 6.54 Å². The van der Waals surface area contributed by atoms with E-state index in [0.29, 0.717) is 11.8 Å². The van der Waals surface area contributed by atoms with E-state index < -0.39 is 18.1 Å². The normalized spacial score (nSPS) is 38.5. The smallest absolute Gasteiger partial charge is 0.326 e. The van der Waals surface area contributed by atoms with Gasteiger partial charge in [0.25, 0.3) is 0 Å². The van der Waals surface area contributed by atoms with Crippen molar-refractivity contribution in [1.29, 1.82) is 0 Å². The van der Waals surface area contributed by atoms with Gasteiger partial charge in [0.15, 0.2) is 0 Å². The predicted octanol–water partition coefficient (Wildman–Crippen LogP) is 0.650. The topological polar surface area (TPSA) is 89.9 Å². The summed E-state index contributed by atoms with van der Waals surface area (Å²) in [6.45, 7) is 4.37. The second-order valence-electron chi connectivity index (χ2n) is 5.87. The van der Waals surface area contributed by atoms with Gasteiger partial charge in [-0.3, -0.25) is 0 Å². The van der Waals surface area contributed by atoms with E-state index in [9.17, 15) is 14.7 Å². The predicted molar refractivity (Wildman–Crippen MR) is 68.6 cm³/mol. The zero-order chi connectivity index (χ0) is 14.2. The van der Waals surface area contributed by atoms with Gasteiger partial charge in [-0.1, -0.05) is 13.8 Å². The summed E-state index contributed by atoms with van der Waals surface area (Å²) in [6.07, 6.45) is 1.38. The fraction of sp³-hybridized carbons (Fsp3) is 0.846. The second kappa shape index (κ2) is 5.36. The Bertz CT molecular complexity index is 374. The molecule has 2 amide bonds. The number of carboxylic acid groups (broad SMARTS) is 1. The second-order valence-corrected chi connectivity index (χ2v) is 5.87. The molecule has 2 rings (SSSR count). The molecule has 1 aliphatic heterocycles. The van der Waals surface area contributed by atoms with Gasteiger partial charge in [-0.25, -0.2) is 9.59 Å². The number of amides is 2. The van der Waals surface area contributed by atoms with Crippen molar-refractivity contribution in [2.24, 2.45) is 11.8 Å². The highest BCUT2D eigenvalue weighted by Gasteiger charge is 2.40. The van der Waals surface area contributed by atoms with Crippen LogP contribution in [0.1, 0.15) is 33.1 Å². The molecule has 2 aliphatic rings. The third-order valence-corrected chi connectivity index (χ3v) is 4.60. The van der Waals surface area contributed by atoms with Crippen molar-refractivity contribution < 1.29 is 19.8 Å². The summed E-state index contributed by atoms with van der Waals surface area (Å²) in [6, 6.07) is -1.17. The minimum atomic E-state index is -1.06. The maximum atomic E-state index is 12.2. The van der Waals surface area contributed by atoms with E-state index in [1.54, 1.807) is 0 Å². The maximum absolute atomic E-state index is 12.2. The molecule has 1 heterocycles. The summed E-state index contributed by atoms with van der Waals surface area (Å²) in [5.74, 6) is -0.0796. The first-order valence-electron chi connectivity index (χ1n) is 6.88. The number of hydrogen-bond acceptors (Lipinski definition) is 3. The van der Waals surface area contributed by atoms with Crippen LogP contribution in [0.25, 0.3) is 0 Å². The first-order chi connectivity index (χ1) is 8.90. The lowest BCUT2D eigenvalue weighted by atomic mass is 9.98. The van der Waals surface area contributed by atoms with Gasteiger partial charge in [0.2, 0.25) is 0 Å². The van der Waals surface area contributed by atoms with Crippen LogP contribution in [0.15, 0.2) is 0 Å².